The van der Waals surface area contributed by atoms with Gasteiger partial charge in [0, 0.05) is 19.5 Å². The summed E-state index contributed by atoms with van der Waals surface area (Å²) in [5, 5.41) is 0.517. The van der Waals surface area contributed by atoms with Crippen LogP contribution in [0.3, 0.4) is 0 Å². The fourth-order valence-corrected chi connectivity index (χ4v) is 3.28. The van der Waals surface area contributed by atoms with Crippen molar-refractivity contribution in [3.63, 3.8) is 0 Å². The summed E-state index contributed by atoms with van der Waals surface area (Å²) in [6, 6.07) is 7.11. The normalized spacial score (nSPS) is 15.4. The number of hydrogen-bond acceptors (Lipinski definition) is 4. The Kier molecular flexibility index (Phi) is 5.11. The van der Waals surface area contributed by atoms with Gasteiger partial charge in [-0.05, 0) is 37.3 Å². The van der Waals surface area contributed by atoms with E-state index in [1.54, 1.807) is 23.1 Å². The number of piperidine rings is 1. The fourth-order valence-electron chi connectivity index (χ4n) is 3.28. The van der Waals surface area contributed by atoms with Gasteiger partial charge in [-0.1, -0.05) is 12.1 Å². The number of para-hydroxylation sites is 1. The summed E-state index contributed by atoms with van der Waals surface area (Å²) in [6.07, 6.45) is 4.35. The average molecular weight is 342 g/mol. The zero-order valence-electron chi connectivity index (χ0n) is 14.1. The lowest BCUT2D eigenvalue weighted by Gasteiger charge is -2.32. The lowest BCUT2D eigenvalue weighted by Crippen LogP contribution is -2.41. The highest BCUT2D eigenvalue weighted by atomic mass is 16.2. The predicted octanol–water partition coefficient (Wildman–Crippen LogP) is 0.901. The number of primary amides is 1. The molecule has 3 rings (SSSR count). The first-order chi connectivity index (χ1) is 12.0. The second-order valence-electron chi connectivity index (χ2n) is 6.52. The number of hydrogen-bond donors (Lipinski definition) is 1. The number of nitrogens with zero attached hydrogens (tertiary/aromatic N) is 3. The Morgan fingerprint density at radius 1 is 1.20 bits per heavy atom. The van der Waals surface area contributed by atoms with Gasteiger partial charge in [-0.2, -0.15) is 0 Å². The summed E-state index contributed by atoms with van der Waals surface area (Å²) < 4.78 is 1.36. The molecule has 2 heterocycles. The molecule has 7 nitrogen and oxygen atoms in total. The van der Waals surface area contributed by atoms with Gasteiger partial charge in [-0.15, -0.1) is 0 Å². The molecule has 25 heavy (non-hydrogen) atoms. The van der Waals surface area contributed by atoms with Crippen LogP contribution >= 0.6 is 0 Å². The lowest BCUT2D eigenvalue weighted by atomic mass is 9.92. The Labute approximate surface area is 145 Å². The van der Waals surface area contributed by atoms with Crippen molar-refractivity contribution in [1.82, 2.24) is 14.5 Å². The second kappa shape index (κ2) is 7.46. The summed E-state index contributed by atoms with van der Waals surface area (Å²) in [5.74, 6) is 0.0795. The summed E-state index contributed by atoms with van der Waals surface area (Å²) in [4.78, 5) is 41.8. The minimum Gasteiger partial charge on any atom is -0.370 e. The Hall–Kier alpha value is -2.70. The molecule has 0 spiro atoms. The maximum Gasteiger partial charge on any atom is 0.261 e. The molecule has 1 fully saturated rings. The van der Waals surface area contributed by atoms with Gasteiger partial charge in [0.1, 0.15) is 6.54 Å². The second-order valence-corrected chi connectivity index (χ2v) is 6.52. The molecule has 2 N–H and O–H groups in total. The van der Waals surface area contributed by atoms with E-state index < -0.39 is 0 Å². The van der Waals surface area contributed by atoms with Gasteiger partial charge in [-0.3, -0.25) is 19.0 Å². The molecule has 2 aromatic rings. The van der Waals surface area contributed by atoms with E-state index in [9.17, 15) is 14.4 Å². The van der Waals surface area contributed by atoms with Crippen molar-refractivity contribution < 1.29 is 9.59 Å². The zero-order chi connectivity index (χ0) is 17.8. The van der Waals surface area contributed by atoms with Crippen LogP contribution in [0.4, 0.5) is 0 Å². The van der Waals surface area contributed by atoms with E-state index in [-0.39, 0.29) is 23.9 Å². The minimum absolute atomic E-state index is 0.00260. The predicted molar refractivity (Wildman–Crippen MR) is 93.7 cm³/mol. The molecule has 0 saturated carbocycles. The van der Waals surface area contributed by atoms with E-state index in [0.29, 0.717) is 36.3 Å². The van der Waals surface area contributed by atoms with Crippen LogP contribution in [0, 0.1) is 5.92 Å². The standard InChI is InChI=1S/C18H22N4O3/c19-16(23)6-5-13-7-9-21(10-8-13)17(24)11-22-12-20-15-4-2-1-3-14(15)18(22)25/h1-4,12-13H,5-11H2,(H2,19,23). The molecule has 0 aliphatic carbocycles. The smallest absolute Gasteiger partial charge is 0.261 e. The number of nitrogens with two attached hydrogens (primary N) is 1. The number of amides is 2. The van der Waals surface area contributed by atoms with Gasteiger partial charge in [0.25, 0.3) is 5.56 Å². The molecule has 7 heteroatoms. The van der Waals surface area contributed by atoms with Crippen LogP contribution in [0.5, 0.6) is 0 Å². The summed E-state index contributed by atoms with van der Waals surface area (Å²) in [6.45, 7) is 1.30. The quantitative estimate of drug-likeness (QED) is 0.873. The van der Waals surface area contributed by atoms with Crippen molar-refractivity contribution in [2.75, 3.05) is 13.1 Å². The van der Waals surface area contributed by atoms with Gasteiger partial charge in [0.15, 0.2) is 0 Å². The molecule has 0 bridgehead atoms. The average Bonchev–Trinajstić information content (AvgIpc) is 2.63. The Bertz CT molecular complexity index is 838. The van der Waals surface area contributed by atoms with Crippen LogP contribution in [0.15, 0.2) is 35.4 Å². The molecule has 0 unspecified atom stereocenters. The van der Waals surface area contributed by atoms with Crippen molar-refractivity contribution in [3.05, 3.63) is 40.9 Å². The van der Waals surface area contributed by atoms with Crippen LogP contribution in [0.1, 0.15) is 25.7 Å². The molecule has 0 radical (unpaired) electrons. The van der Waals surface area contributed by atoms with Gasteiger partial charge < -0.3 is 10.6 Å². The molecule has 1 aromatic carbocycles. The van der Waals surface area contributed by atoms with Crippen LogP contribution in [0.25, 0.3) is 10.9 Å². The first-order valence-electron chi connectivity index (χ1n) is 8.55. The monoisotopic (exact) mass is 342 g/mol. The van der Waals surface area contributed by atoms with Crippen molar-refractivity contribution in [2.45, 2.75) is 32.2 Å². The van der Waals surface area contributed by atoms with E-state index in [0.717, 1.165) is 19.3 Å². The number of rotatable bonds is 5. The zero-order valence-corrected chi connectivity index (χ0v) is 14.1. The van der Waals surface area contributed by atoms with Crippen LogP contribution in [-0.4, -0.2) is 39.4 Å². The van der Waals surface area contributed by atoms with Gasteiger partial charge in [0.05, 0.1) is 17.2 Å². The number of carbonyl (C=O) groups is 2. The highest BCUT2D eigenvalue weighted by Gasteiger charge is 2.23. The molecular weight excluding hydrogens is 320 g/mol. The first kappa shape index (κ1) is 17.1. The molecule has 0 atom stereocenters. The summed E-state index contributed by atoms with van der Waals surface area (Å²) in [7, 11) is 0. The number of fused-ring (bicyclic) bond motifs is 1. The highest BCUT2D eigenvalue weighted by Crippen LogP contribution is 2.21. The summed E-state index contributed by atoms with van der Waals surface area (Å²) in [5.41, 5.74) is 5.62. The number of aromatic nitrogens is 2. The molecule has 132 valence electrons. The molecule has 1 aliphatic heterocycles. The van der Waals surface area contributed by atoms with E-state index >= 15 is 0 Å². The Balaban J connectivity index is 1.61. The first-order valence-corrected chi connectivity index (χ1v) is 8.55. The van der Waals surface area contributed by atoms with Crippen LogP contribution in [-0.2, 0) is 16.1 Å². The molecule has 1 aromatic heterocycles. The molecule has 1 aliphatic rings. The molecule has 1 saturated heterocycles. The topological polar surface area (TPSA) is 98.3 Å². The lowest BCUT2D eigenvalue weighted by molar-refractivity contribution is -0.133. The maximum atomic E-state index is 12.5. The van der Waals surface area contributed by atoms with Crippen LogP contribution < -0.4 is 11.3 Å². The van der Waals surface area contributed by atoms with E-state index in [4.69, 9.17) is 5.73 Å². The maximum absolute atomic E-state index is 12.5. The van der Waals surface area contributed by atoms with Crippen molar-refractivity contribution in [2.24, 2.45) is 11.7 Å². The van der Waals surface area contributed by atoms with Crippen molar-refractivity contribution in [3.8, 4) is 0 Å². The van der Waals surface area contributed by atoms with Gasteiger partial charge in [0.2, 0.25) is 11.8 Å². The number of benzene rings is 1. The number of likely N-dealkylation sites (tertiary alicyclic amines) is 1. The Morgan fingerprint density at radius 3 is 2.64 bits per heavy atom. The molecular formula is C18H22N4O3. The summed E-state index contributed by atoms with van der Waals surface area (Å²) >= 11 is 0. The third kappa shape index (κ3) is 4.04. The van der Waals surface area contributed by atoms with Crippen molar-refractivity contribution >= 4 is 22.7 Å². The van der Waals surface area contributed by atoms with E-state index in [1.807, 2.05) is 6.07 Å². The SMILES string of the molecule is NC(=O)CCC1CCN(C(=O)Cn2cnc3ccccc3c2=O)CC1. The fraction of sp³-hybridized carbons (Fsp3) is 0.444. The van der Waals surface area contributed by atoms with Gasteiger partial charge in [-0.25, -0.2) is 4.98 Å². The van der Waals surface area contributed by atoms with Crippen LogP contribution in [0.2, 0.25) is 0 Å². The Morgan fingerprint density at radius 2 is 1.92 bits per heavy atom. The largest absolute Gasteiger partial charge is 0.370 e. The minimum atomic E-state index is -0.276. The third-order valence-electron chi connectivity index (χ3n) is 4.80. The van der Waals surface area contributed by atoms with Crippen molar-refractivity contribution in [1.29, 1.82) is 0 Å². The van der Waals surface area contributed by atoms with Gasteiger partial charge >= 0.3 is 0 Å². The van der Waals surface area contributed by atoms with E-state index in [2.05, 4.69) is 4.98 Å². The molecule has 2 amide bonds. The van der Waals surface area contributed by atoms with E-state index in [1.165, 1.54) is 10.9 Å². The third-order valence-corrected chi connectivity index (χ3v) is 4.80. The highest BCUT2D eigenvalue weighted by molar-refractivity contribution is 5.79. The number of carbonyl (C=O) groups excluding carboxylic acids is 2.